The van der Waals surface area contributed by atoms with Gasteiger partial charge in [0.05, 0.1) is 0 Å². The van der Waals surface area contributed by atoms with Crippen molar-refractivity contribution < 1.29 is 9.53 Å². The molecule has 0 aliphatic carbocycles. The summed E-state index contributed by atoms with van der Waals surface area (Å²) >= 11 is 0. The molecule has 0 radical (unpaired) electrons. The molecule has 1 aliphatic rings. The largest absolute Gasteiger partial charge is 0.444 e. The number of nitrogens with zero attached hydrogens (tertiary/aromatic N) is 3. The average molecular weight is 399 g/mol. The average Bonchev–Trinajstić information content (AvgIpc) is 2.62. The second-order valence-corrected chi connectivity index (χ2v) is 8.42. The maximum absolute atomic E-state index is 11.7. The zero-order valence-corrected chi connectivity index (χ0v) is 18.8. The smallest absolute Gasteiger partial charge is 0.407 e. The highest BCUT2D eigenvalue weighted by Gasteiger charge is 2.17. The molecule has 0 aromatic rings. The van der Waals surface area contributed by atoms with Gasteiger partial charge in [-0.25, -0.2) is 4.79 Å². The molecular weight excluding hydrogens is 356 g/mol. The predicted octanol–water partition coefficient (Wildman–Crippen LogP) is 1.34. The van der Waals surface area contributed by atoms with Crippen LogP contribution >= 0.6 is 0 Å². The normalized spacial score (nSPS) is 17.9. The SMILES string of the molecule is CCNC(=NCC(C)CN1CCN(CC)CC1)NCCNC(=O)OC(C)(C)C. The zero-order valence-electron chi connectivity index (χ0n) is 18.8. The van der Waals surface area contributed by atoms with E-state index in [1.165, 1.54) is 13.1 Å². The Morgan fingerprint density at radius 1 is 1.04 bits per heavy atom. The molecule has 8 nitrogen and oxygen atoms in total. The van der Waals surface area contributed by atoms with Gasteiger partial charge in [0.15, 0.2) is 5.96 Å². The fraction of sp³-hybridized carbons (Fsp3) is 0.900. The molecule has 164 valence electrons. The third kappa shape index (κ3) is 11.3. The Morgan fingerprint density at radius 2 is 1.64 bits per heavy atom. The Kier molecular flexibility index (Phi) is 11.2. The van der Waals surface area contributed by atoms with Crippen LogP contribution in [0.4, 0.5) is 4.79 Å². The summed E-state index contributed by atoms with van der Waals surface area (Å²) in [5.74, 6) is 1.29. The molecule has 28 heavy (non-hydrogen) atoms. The number of carbonyl (C=O) groups is 1. The first kappa shape index (κ1) is 24.5. The van der Waals surface area contributed by atoms with Gasteiger partial charge in [-0.15, -0.1) is 0 Å². The van der Waals surface area contributed by atoms with E-state index < -0.39 is 11.7 Å². The molecule has 1 fully saturated rings. The minimum absolute atomic E-state index is 0.395. The summed E-state index contributed by atoms with van der Waals surface area (Å²) < 4.78 is 5.23. The molecular formula is C20H42N6O2. The predicted molar refractivity (Wildman–Crippen MR) is 116 cm³/mol. The van der Waals surface area contributed by atoms with Gasteiger partial charge in [-0.05, 0) is 40.2 Å². The highest BCUT2D eigenvalue weighted by molar-refractivity contribution is 5.79. The van der Waals surface area contributed by atoms with Gasteiger partial charge in [0.25, 0.3) is 0 Å². The molecule has 1 rings (SSSR count). The fourth-order valence-electron chi connectivity index (χ4n) is 3.04. The van der Waals surface area contributed by atoms with Crippen LogP contribution in [0.2, 0.25) is 0 Å². The second-order valence-electron chi connectivity index (χ2n) is 8.42. The zero-order chi connectivity index (χ0) is 21.0. The van der Waals surface area contributed by atoms with E-state index in [1.807, 2.05) is 27.7 Å². The third-order valence-corrected chi connectivity index (χ3v) is 4.47. The van der Waals surface area contributed by atoms with Crippen LogP contribution in [-0.2, 0) is 4.74 Å². The van der Waals surface area contributed by atoms with E-state index in [9.17, 15) is 4.79 Å². The summed E-state index contributed by atoms with van der Waals surface area (Å²) in [5.41, 5.74) is -0.479. The van der Waals surface area contributed by atoms with Crippen LogP contribution in [0.15, 0.2) is 4.99 Å². The monoisotopic (exact) mass is 398 g/mol. The number of nitrogens with one attached hydrogen (secondary N) is 3. The fourth-order valence-corrected chi connectivity index (χ4v) is 3.04. The van der Waals surface area contributed by atoms with Crippen LogP contribution in [-0.4, -0.2) is 92.9 Å². The van der Waals surface area contributed by atoms with E-state index in [1.54, 1.807) is 0 Å². The lowest BCUT2D eigenvalue weighted by molar-refractivity contribution is 0.0529. The van der Waals surface area contributed by atoms with E-state index in [2.05, 4.69) is 39.6 Å². The number of carbonyl (C=O) groups excluding carboxylic acids is 1. The van der Waals surface area contributed by atoms with Gasteiger partial charge in [0, 0.05) is 58.9 Å². The number of hydrogen-bond donors (Lipinski definition) is 3. The van der Waals surface area contributed by atoms with Crippen molar-refractivity contribution in [2.24, 2.45) is 10.9 Å². The van der Waals surface area contributed by atoms with Gasteiger partial charge in [0.1, 0.15) is 5.60 Å². The van der Waals surface area contributed by atoms with Gasteiger partial charge in [0.2, 0.25) is 0 Å². The first-order valence-corrected chi connectivity index (χ1v) is 10.7. The van der Waals surface area contributed by atoms with Crippen molar-refractivity contribution in [3.05, 3.63) is 0 Å². The minimum atomic E-state index is -0.479. The Labute approximate surface area is 171 Å². The molecule has 1 unspecified atom stereocenters. The number of likely N-dealkylation sites (N-methyl/N-ethyl adjacent to an activating group) is 1. The Balaban J connectivity index is 2.29. The van der Waals surface area contributed by atoms with Gasteiger partial charge >= 0.3 is 6.09 Å². The first-order chi connectivity index (χ1) is 13.2. The third-order valence-electron chi connectivity index (χ3n) is 4.47. The summed E-state index contributed by atoms with van der Waals surface area (Å²) in [7, 11) is 0. The molecule has 3 N–H and O–H groups in total. The first-order valence-electron chi connectivity index (χ1n) is 10.7. The number of guanidine groups is 1. The molecule has 1 saturated heterocycles. The van der Waals surface area contributed by atoms with E-state index in [-0.39, 0.29) is 0 Å². The van der Waals surface area contributed by atoms with Gasteiger partial charge in [-0.1, -0.05) is 13.8 Å². The van der Waals surface area contributed by atoms with Crippen molar-refractivity contribution in [3.8, 4) is 0 Å². The van der Waals surface area contributed by atoms with Crippen LogP contribution in [0.5, 0.6) is 0 Å². The van der Waals surface area contributed by atoms with E-state index in [0.717, 1.165) is 45.2 Å². The van der Waals surface area contributed by atoms with Gasteiger partial charge < -0.3 is 30.5 Å². The van der Waals surface area contributed by atoms with Crippen molar-refractivity contribution in [1.29, 1.82) is 0 Å². The van der Waals surface area contributed by atoms with Crippen molar-refractivity contribution in [3.63, 3.8) is 0 Å². The number of piperazine rings is 1. The van der Waals surface area contributed by atoms with Crippen molar-refractivity contribution in [2.45, 2.75) is 47.1 Å². The molecule has 0 aromatic heterocycles. The van der Waals surface area contributed by atoms with Gasteiger partial charge in [-0.2, -0.15) is 0 Å². The number of hydrogen-bond acceptors (Lipinski definition) is 5. The molecule has 1 heterocycles. The Hall–Kier alpha value is -1.54. The van der Waals surface area contributed by atoms with Crippen molar-refractivity contribution in [2.75, 3.05) is 65.4 Å². The number of alkyl carbamates (subject to hydrolysis) is 1. The molecule has 8 heteroatoms. The molecule has 1 atom stereocenters. The lowest BCUT2D eigenvalue weighted by Crippen LogP contribution is -2.47. The van der Waals surface area contributed by atoms with Crippen LogP contribution in [0.3, 0.4) is 0 Å². The Bertz CT molecular complexity index is 470. The number of aliphatic imine (C=N–C) groups is 1. The summed E-state index contributed by atoms with van der Waals surface area (Å²) in [6.07, 6.45) is -0.395. The van der Waals surface area contributed by atoms with Crippen molar-refractivity contribution in [1.82, 2.24) is 25.8 Å². The second kappa shape index (κ2) is 12.8. The molecule has 1 aliphatic heterocycles. The summed E-state index contributed by atoms with van der Waals surface area (Å²) in [6.45, 7) is 21.6. The highest BCUT2D eigenvalue weighted by Crippen LogP contribution is 2.07. The molecule has 0 spiro atoms. The summed E-state index contributed by atoms with van der Waals surface area (Å²) in [4.78, 5) is 21.4. The minimum Gasteiger partial charge on any atom is -0.444 e. The van der Waals surface area contributed by atoms with E-state index in [0.29, 0.717) is 19.0 Å². The maximum atomic E-state index is 11.7. The Morgan fingerprint density at radius 3 is 2.21 bits per heavy atom. The molecule has 0 aromatic carbocycles. The highest BCUT2D eigenvalue weighted by atomic mass is 16.6. The van der Waals surface area contributed by atoms with E-state index >= 15 is 0 Å². The standard InChI is InChI=1S/C20H42N6O2/c1-7-21-18(22-9-10-23-19(27)28-20(4,5)6)24-15-17(3)16-26-13-11-25(8-2)12-14-26/h17H,7-16H2,1-6H3,(H,23,27)(H2,21,22,24). The molecule has 0 bridgehead atoms. The van der Waals surface area contributed by atoms with Crippen LogP contribution < -0.4 is 16.0 Å². The topological polar surface area (TPSA) is 81.2 Å². The quantitative estimate of drug-likeness (QED) is 0.309. The number of ether oxygens (including phenoxy) is 1. The molecule has 1 amide bonds. The van der Waals surface area contributed by atoms with Gasteiger partial charge in [-0.3, -0.25) is 4.99 Å². The lowest BCUT2D eigenvalue weighted by Gasteiger charge is -2.35. The maximum Gasteiger partial charge on any atom is 0.407 e. The van der Waals surface area contributed by atoms with Crippen LogP contribution in [0, 0.1) is 5.92 Å². The van der Waals surface area contributed by atoms with Crippen molar-refractivity contribution >= 4 is 12.1 Å². The molecule has 0 saturated carbocycles. The summed E-state index contributed by atoms with van der Waals surface area (Å²) in [5, 5.41) is 9.26. The van der Waals surface area contributed by atoms with Crippen LogP contribution in [0.25, 0.3) is 0 Å². The lowest BCUT2D eigenvalue weighted by atomic mass is 10.1. The summed E-state index contributed by atoms with van der Waals surface area (Å²) in [6, 6.07) is 0. The number of amides is 1. The van der Waals surface area contributed by atoms with E-state index in [4.69, 9.17) is 9.73 Å². The van der Waals surface area contributed by atoms with Crippen LogP contribution in [0.1, 0.15) is 41.5 Å². The number of rotatable bonds is 9.